The lowest BCUT2D eigenvalue weighted by Gasteiger charge is -2.12. The third-order valence-electron chi connectivity index (χ3n) is 2.89. The molecule has 0 radical (unpaired) electrons. The molecule has 110 valence electrons. The van der Waals surface area contributed by atoms with Crippen molar-refractivity contribution in [2.75, 3.05) is 5.32 Å². The molecule has 0 heterocycles. The zero-order chi connectivity index (χ0) is 15.5. The summed E-state index contributed by atoms with van der Waals surface area (Å²) in [6.45, 7) is 0. The van der Waals surface area contributed by atoms with Crippen LogP contribution in [0.1, 0.15) is 11.6 Å². The van der Waals surface area contributed by atoms with Gasteiger partial charge in [-0.05, 0) is 29.8 Å². The maximum absolute atomic E-state index is 12.0. The summed E-state index contributed by atoms with van der Waals surface area (Å²) in [5.41, 5.74) is 6.99. The van der Waals surface area contributed by atoms with Crippen molar-refractivity contribution in [1.82, 2.24) is 0 Å². The van der Waals surface area contributed by atoms with Crippen molar-refractivity contribution in [3.8, 4) is 0 Å². The van der Waals surface area contributed by atoms with E-state index in [0.717, 1.165) is 0 Å². The number of nitrogens with one attached hydrogen (secondary N) is 1. The minimum atomic E-state index is -3.74. The van der Waals surface area contributed by atoms with E-state index >= 15 is 0 Å². The van der Waals surface area contributed by atoms with Gasteiger partial charge >= 0.3 is 0 Å². The van der Waals surface area contributed by atoms with Crippen molar-refractivity contribution < 1.29 is 13.2 Å². The van der Waals surface area contributed by atoms with Gasteiger partial charge in [-0.1, -0.05) is 30.3 Å². The minimum absolute atomic E-state index is 0.0205. The second kappa shape index (κ2) is 6.04. The summed E-state index contributed by atoms with van der Waals surface area (Å²) in [4.78, 5) is 12.0. The Morgan fingerprint density at radius 2 is 1.57 bits per heavy atom. The topological polar surface area (TPSA) is 115 Å². The van der Waals surface area contributed by atoms with E-state index in [1.807, 2.05) is 6.07 Å². The van der Waals surface area contributed by atoms with Crippen molar-refractivity contribution in [2.45, 2.75) is 10.9 Å². The van der Waals surface area contributed by atoms with Gasteiger partial charge in [-0.3, -0.25) is 4.79 Å². The molecule has 5 N–H and O–H groups in total. The van der Waals surface area contributed by atoms with Crippen LogP contribution in [0, 0.1) is 0 Å². The molecule has 21 heavy (non-hydrogen) atoms. The summed E-state index contributed by atoms with van der Waals surface area (Å²) in [6.07, 6.45) is 0. The zero-order valence-electron chi connectivity index (χ0n) is 11.1. The number of rotatable bonds is 4. The second-order valence-electron chi connectivity index (χ2n) is 4.45. The Morgan fingerprint density at radius 1 is 1.00 bits per heavy atom. The molecule has 0 bridgehead atoms. The quantitative estimate of drug-likeness (QED) is 0.780. The van der Waals surface area contributed by atoms with E-state index in [2.05, 4.69) is 5.32 Å². The van der Waals surface area contributed by atoms with Crippen LogP contribution in [-0.2, 0) is 14.8 Å². The van der Waals surface area contributed by atoms with Gasteiger partial charge in [0.25, 0.3) is 0 Å². The fourth-order valence-corrected chi connectivity index (χ4v) is 2.28. The lowest BCUT2D eigenvalue weighted by molar-refractivity contribution is -0.117. The molecule has 0 saturated carbocycles. The van der Waals surface area contributed by atoms with Gasteiger partial charge in [0.15, 0.2) is 0 Å². The Labute approximate surface area is 122 Å². The molecule has 1 amide bonds. The number of anilines is 1. The summed E-state index contributed by atoms with van der Waals surface area (Å²) < 4.78 is 22.3. The lowest BCUT2D eigenvalue weighted by Crippen LogP contribution is -2.27. The van der Waals surface area contributed by atoms with Crippen LogP contribution in [0.2, 0.25) is 0 Å². The first-order chi connectivity index (χ1) is 9.88. The normalized spacial score (nSPS) is 12.7. The second-order valence-corrected chi connectivity index (χ2v) is 6.01. The number of primary sulfonamides is 1. The smallest absolute Gasteiger partial charge is 0.245 e. The fourth-order valence-electron chi connectivity index (χ4n) is 1.76. The summed E-state index contributed by atoms with van der Waals surface area (Å²) in [6, 6.07) is 13.7. The Kier molecular flexibility index (Phi) is 4.37. The van der Waals surface area contributed by atoms with E-state index in [4.69, 9.17) is 10.9 Å². The number of nitrogens with two attached hydrogens (primary N) is 2. The Morgan fingerprint density at radius 3 is 2.10 bits per heavy atom. The minimum Gasteiger partial charge on any atom is -0.324 e. The third-order valence-corrected chi connectivity index (χ3v) is 3.82. The number of benzene rings is 2. The third kappa shape index (κ3) is 3.88. The van der Waals surface area contributed by atoms with E-state index in [1.165, 1.54) is 24.3 Å². The highest BCUT2D eigenvalue weighted by atomic mass is 32.2. The summed E-state index contributed by atoms with van der Waals surface area (Å²) in [7, 11) is -3.74. The van der Waals surface area contributed by atoms with Gasteiger partial charge < -0.3 is 11.1 Å². The van der Waals surface area contributed by atoms with Gasteiger partial charge in [0.1, 0.15) is 6.04 Å². The van der Waals surface area contributed by atoms with Crippen molar-refractivity contribution in [3.63, 3.8) is 0 Å². The molecular weight excluding hydrogens is 290 g/mol. The first-order valence-electron chi connectivity index (χ1n) is 6.12. The molecule has 0 unspecified atom stereocenters. The molecule has 6 nitrogen and oxygen atoms in total. The van der Waals surface area contributed by atoms with Gasteiger partial charge in [-0.25, -0.2) is 13.6 Å². The maximum Gasteiger partial charge on any atom is 0.245 e. The van der Waals surface area contributed by atoms with E-state index in [0.29, 0.717) is 11.3 Å². The Balaban J connectivity index is 2.10. The Bertz CT molecular complexity index is 728. The Hall–Kier alpha value is -2.22. The van der Waals surface area contributed by atoms with E-state index in [-0.39, 0.29) is 10.8 Å². The van der Waals surface area contributed by atoms with Gasteiger partial charge in [0.05, 0.1) is 4.90 Å². The molecule has 0 aliphatic carbocycles. The number of carbonyl (C=O) groups excluding carboxylic acids is 1. The zero-order valence-corrected chi connectivity index (χ0v) is 11.9. The van der Waals surface area contributed by atoms with Crippen molar-refractivity contribution in [3.05, 3.63) is 60.2 Å². The highest BCUT2D eigenvalue weighted by molar-refractivity contribution is 7.89. The number of hydrogen-bond donors (Lipinski definition) is 3. The molecule has 0 saturated heterocycles. The van der Waals surface area contributed by atoms with Gasteiger partial charge in [0, 0.05) is 5.69 Å². The number of amides is 1. The average molecular weight is 305 g/mol. The highest BCUT2D eigenvalue weighted by Crippen LogP contribution is 2.16. The molecule has 0 spiro atoms. The standard InChI is InChI=1S/C14H15N3O3S/c15-13(10-4-2-1-3-5-10)14(18)17-11-6-8-12(9-7-11)21(16,19)20/h1-9,13H,15H2,(H,17,18)(H2,16,19,20)/t13-/m1/s1. The highest BCUT2D eigenvalue weighted by Gasteiger charge is 2.15. The van der Waals surface area contributed by atoms with E-state index in [9.17, 15) is 13.2 Å². The molecule has 0 aliphatic rings. The van der Waals surface area contributed by atoms with Crippen molar-refractivity contribution >= 4 is 21.6 Å². The van der Waals surface area contributed by atoms with Gasteiger partial charge in [-0.15, -0.1) is 0 Å². The predicted octanol–water partition coefficient (Wildman–Crippen LogP) is 0.972. The predicted molar refractivity (Wildman–Crippen MR) is 79.8 cm³/mol. The first-order valence-corrected chi connectivity index (χ1v) is 7.67. The van der Waals surface area contributed by atoms with Crippen LogP contribution < -0.4 is 16.2 Å². The van der Waals surface area contributed by atoms with Crippen LogP contribution in [0.25, 0.3) is 0 Å². The number of hydrogen-bond acceptors (Lipinski definition) is 4. The molecule has 2 rings (SSSR count). The van der Waals surface area contributed by atoms with Crippen LogP contribution in [0.4, 0.5) is 5.69 Å². The number of carbonyl (C=O) groups is 1. The SMILES string of the molecule is N[C@@H](C(=O)Nc1ccc(S(N)(=O)=O)cc1)c1ccccc1. The van der Waals surface area contributed by atoms with Crippen molar-refractivity contribution in [2.24, 2.45) is 10.9 Å². The summed E-state index contributed by atoms with van der Waals surface area (Å²) in [5, 5.41) is 7.62. The molecule has 0 aliphatic heterocycles. The molecule has 0 aromatic heterocycles. The summed E-state index contributed by atoms with van der Waals surface area (Å²) >= 11 is 0. The van der Waals surface area contributed by atoms with Gasteiger partial charge in [0.2, 0.25) is 15.9 Å². The van der Waals surface area contributed by atoms with Gasteiger partial charge in [-0.2, -0.15) is 0 Å². The summed E-state index contributed by atoms with van der Waals surface area (Å²) in [5.74, 6) is -0.385. The average Bonchev–Trinajstić information content (AvgIpc) is 2.47. The van der Waals surface area contributed by atoms with Crippen molar-refractivity contribution in [1.29, 1.82) is 0 Å². The first kappa shape index (κ1) is 15.2. The molecular formula is C14H15N3O3S. The van der Waals surface area contributed by atoms with Crippen LogP contribution in [0.5, 0.6) is 0 Å². The lowest BCUT2D eigenvalue weighted by atomic mass is 10.1. The molecule has 7 heteroatoms. The van der Waals surface area contributed by atoms with E-state index < -0.39 is 16.1 Å². The fraction of sp³-hybridized carbons (Fsp3) is 0.0714. The largest absolute Gasteiger partial charge is 0.324 e. The van der Waals surface area contributed by atoms with Crippen LogP contribution in [0.3, 0.4) is 0 Å². The van der Waals surface area contributed by atoms with Crippen LogP contribution >= 0.6 is 0 Å². The van der Waals surface area contributed by atoms with Crippen LogP contribution in [0.15, 0.2) is 59.5 Å². The monoisotopic (exact) mass is 305 g/mol. The van der Waals surface area contributed by atoms with E-state index in [1.54, 1.807) is 24.3 Å². The molecule has 2 aromatic carbocycles. The molecule has 1 atom stereocenters. The van der Waals surface area contributed by atoms with Crippen LogP contribution in [-0.4, -0.2) is 14.3 Å². The molecule has 0 fully saturated rings. The maximum atomic E-state index is 12.0. The molecule has 2 aromatic rings. The number of sulfonamides is 1.